The number of halogens is 1. The smallest absolute Gasteiger partial charge is 0.233 e. The van der Waals surface area contributed by atoms with Crippen molar-refractivity contribution in [2.24, 2.45) is 11.8 Å². The molecule has 0 heterocycles. The number of para-hydroxylation sites is 1. The molecular formula is C16H25ClO3S. The van der Waals surface area contributed by atoms with Crippen LogP contribution in [-0.4, -0.2) is 20.8 Å². The second-order valence-corrected chi connectivity index (χ2v) is 9.59. The average Bonchev–Trinajstić information content (AvgIpc) is 2.32. The van der Waals surface area contributed by atoms with E-state index in [4.69, 9.17) is 15.4 Å². The third kappa shape index (κ3) is 6.27. The molecular weight excluding hydrogens is 308 g/mol. The van der Waals surface area contributed by atoms with E-state index in [0.717, 1.165) is 11.3 Å². The third-order valence-corrected chi connectivity index (χ3v) is 4.71. The fourth-order valence-electron chi connectivity index (χ4n) is 2.10. The summed E-state index contributed by atoms with van der Waals surface area (Å²) in [6, 6.07) is 7.87. The predicted molar refractivity (Wildman–Crippen MR) is 88.6 cm³/mol. The number of benzene rings is 1. The van der Waals surface area contributed by atoms with Gasteiger partial charge in [-0.1, -0.05) is 52.8 Å². The minimum Gasteiger partial charge on any atom is -0.493 e. The molecule has 0 N–H and O–H groups in total. The zero-order valence-corrected chi connectivity index (χ0v) is 15.0. The maximum Gasteiger partial charge on any atom is 0.233 e. The van der Waals surface area contributed by atoms with Crippen LogP contribution in [0.5, 0.6) is 5.75 Å². The van der Waals surface area contributed by atoms with Crippen LogP contribution >= 0.6 is 10.7 Å². The lowest BCUT2D eigenvalue weighted by atomic mass is 9.86. The quantitative estimate of drug-likeness (QED) is 0.733. The Morgan fingerprint density at radius 3 is 2.24 bits per heavy atom. The fraction of sp³-hybridized carbons (Fsp3) is 0.625. The first kappa shape index (κ1) is 18.3. The van der Waals surface area contributed by atoms with E-state index in [-0.39, 0.29) is 23.0 Å². The van der Waals surface area contributed by atoms with Crippen molar-refractivity contribution in [3.63, 3.8) is 0 Å². The molecule has 1 unspecified atom stereocenters. The Bertz CT molecular complexity index is 559. The summed E-state index contributed by atoms with van der Waals surface area (Å²) in [6.07, 6.45) is 0. The molecule has 0 radical (unpaired) electrons. The average molecular weight is 333 g/mol. The summed E-state index contributed by atoms with van der Waals surface area (Å²) in [5.41, 5.74) is 1.09. The van der Waals surface area contributed by atoms with Gasteiger partial charge in [-0.3, -0.25) is 0 Å². The van der Waals surface area contributed by atoms with Crippen LogP contribution in [0.15, 0.2) is 24.3 Å². The van der Waals surface area contributed by atoms with Crippen LogP contribution < -0.4 is 4.74 Å². The van der Waals surface area contributed by atoms with Crippen LogP contribution in [-0.2, 0) is 14.5 Å². The van der Waals surface area contributed by atoms with Crippen molar-refractivity contribution >= 4 is 19.7 Å². The molecule has 1 aromatic carbocycles. The lowest BCUT2D eigenvalue weighted by molar-refractivity contribution is 0.221. The molecule has 3 nitrogen and oxygen atoms in total. The summed E-state index contributed by atoms with van der Waals surface area (Å²) in [6.45, 7) is 10.7. The monoisotopic (exact) mass is 332 g/mol. The van der Waals surface area contributed by atoms with Crippen molar-refractivity contribution in [2.75, 3.05) is 12.4 Å². The molecule has 0 fully saturated rings. The molecule has 0 saturated heterocycles. The van der Waals surface area contributed by atoms with Crippen molar-refractivity contribution in [1.82, 2.24) is 0 Å². The van der Waals surface area contributed by atoms with Gasteiger partial charge in [-0.05, 0) is 23.0 Å². The Morgan fingerprint density at radius 1 is 1.19 bits per heavy atom. The van der Waals surface area contributed by atoms with E-state index < -0.39 is 9.05 Å². The van der Waals surface area contributed by atoms with Crippen LogP contribution in [0, 0.1) is 11.8 Å². The maximum atomic E-state index is 11.3. The lowest BCUT2D eigenvalue weighted by Gasteiger charge is -2.25. The lowest BCUT2D eigenvalue weighted by Crippen LogP contribution is -2.25. The minimum absolute atomic E-state index is 0.0253. The zero-order chi connectivity index (χ0) is 16.3. The molecule has 5 heteroatoms. The van der Waals surface area contributed by atoms with E-state index >= 15 is 0 Å². The van der Waals surface area contributed by atoms with Gasteiger partial charge in [-0.2, -0.15) is 0 Å². The van der Waals surface area contributed by atoms with Gasteiger partial charge in [0.25, 0.3) is 0 Å². The van der Waals surface area contributed by atoms with Crippen molar-refractivity contribution in [1.29, 1.82) is 0 Å². The van der Waals surface area contributed by atoms with Crippen LogP contribution in [0.4, 0.5) is 0 Å². The molecule has 1 aromatic rings. The van der Waals surface area contributed by atoms with Crippen molar-refractivity contribution in [3.8, 4) is 5.75 Å². The first-order valence-electron chi connectivity index (χ1n) is 7.15. The van der Waals surface area contributed by atoms with Gasteiger partial charge in [0.15, 0.2) is 0 Å². The van der Waals surface area contributed by atoms with Crippen LogP contribution in [0.25, 0.3) is 0 Å². The summed E-state index contributed by atoms with van der Waals surface area (Å²) in [5.74, 6) is 0.799. The second-order valence-electron chi connectivity index (χ2n) is 6.77. The van der Waals surface area contributed by atoms with Gasteiger partial charge in [0, 0.05) is 16.6 Å². The highest BCUT2D eigenvalue weighted by Gasteiger charge is 2.23. The second kappa shape index (κ2) is 7.01. The van der Waals surface area contributed by atoms with Crippen LogP contribution in [0.2, 0.25) is 0 Å². The van der Waals surface area contributed by atoms with Gasteiger partial charge in [0.1, 0.15) is 5.75 Å². The number of ether oxygens (including phenoxy) is 1. The third-order valence-electron chi connectivity index (χ3n) is 3.50. The van der Waals surface area contributed by atoms with E-state index in [1.165, 1.54) is 0 Å². The molecule has 0 spiro atoms. The summed E-state index contributed by atoms with van der Waals surface area (Å²) in [7, 11) is 1.86. The summed E-state index contributed by atoms with van der Waals surface area (Å²) >= 11 is 0. The van der Waals surface area contributed by atoms with Gasteiger partial charge in [-0.15, -0.1) is 0 Å². The summed E-state index contributed by atoms with van der Waals surface area (Å²) in [5, 5.41) is 0. The number of hydrogen-bond acceptors (Lipinski definition) is 3. The standard InChI is InChI=1S/C16H25ClO3S/c1-12(2)13(11-21(17,18)19)10-20-15-9-7-6-8-14(15)16(3,4)5/h6-9,12-13H,10-11H2,1-5H3. The Kier molecular flexibility index (Phi) is 6.11. The molecule has 21 heavy (non-hydrogen) atoms. The minimum atomic E-state index is -3.52. The molecule has 0 aromatic heterocycles. The molecule has 0 aliphatic carbocycles. The Morgan fingerprint density at radius 2 is 1.76 bits per heavy atom. The Hall–Kier alpha value is -0.740. The van der Waals surface area contributed by atoms with E-state index in [9.17, 15) is 8.42 Å². The van der Waals surface area contributed by atoms with Crippen molar-refractivity contribution in [2.45, 2.75) is 40.0 Å². The molecule has 1 atom stereocenters. The zero-order valence-electron chi connectivity index (χ0n) is 13.4. The fourth-order valence-corrected chi connectivity index (χ4v) is 3.58. The first-order valence-corrected chi connectivity index (χ1v) is 9.63. The maximum absolute atomic E-state index is 11.3. The molecule has 0 saturated carbocycles. The molecule has 0 aliphatic rings. The van der Waals surface area contributed by atoms with Gasteiger partial charge in [-0.25, -0.2) is 8.42 Å². The van der Waals surface area contributed by atoms with E-state index in [0.29, 0.717) is 6.61 Å². The molecule has 120 valence electrons. The van der Waals surface area contributed by atoms with Gasteiger partial charge < -0.3 is 4.74 Å². The van der Waals surface area contributed by atoms with Crippen LogP contribution in [0.3, 0.4) is 0 Å². The van der Waals surface area contributed by atoms with Crippen molar-refractivity contribution < 1.29 is 13.2 Å². The Balaban J connectivity index is 2.87. The molecule has 0 amide bonds. The van der Waals surface area contributed by atoms with Crippen LogP contribution in [0.1, 0.15) is 40.2 Å². The summed E-state index contributed by atoms with van der Waals surface area (Å²) in [4.78, 5) is 0. The highest BCUT2D eigenvalue weighted by molar-refractivity contribution is 8.13. The largest absolute Gasteiger partial charge is 0.493 e. The first-order chi connectivity index (χ1) is 9.50. The predicted octanol–water partition coefficient (Wildman–Crippen LogP) is 4.20. The summed E-state index contributed by atoms with van der Waals surface area (Å²) < 4.78 is 28.5. The highest BCUT2D eigenvalue weighted by Crippen LogP contribution is 2.31. The SMILES string of the molecule is CC(C)C(COc1ccccc1C(C)(C)C)CS(=O)(=O)Cl. The molecule has 1 rings (SSSR count). The van der Waals surface area contributed by atoms with Gasteiger partial charge >= 0.3 is 0 Å². The van der Waals surface area contributed by atoms with Gasteiger partial charge in [0.2, 0.25) is 9.05 Å². The van der Waals surface area contributed by atoms with Crippen molar-refractivity contribution in [3.05, 3.63) is 29.8 Å². The van der Waals surface area contributed by atoms with Gasteiger partial charge in [0.05, 0.1) is 12.4 Å². The number of hydrogen-bond donors (Lipinski definition) is 0. The Labute approximate surface area is 133 Å². The number of rotatable bonds is 6. The topological polar surface area (TPSA) is 43.4 Å². The van der Waals surface area contributed by atoms with E-state index in [2.05, 4.69) is 20.8 Å². The molecule has 0 aliphatic heterocycles. The molecule has 0 bridgehead atoms. The normalized spacial score (nSPS) is 14.2. The highest BCUT2D eigenvalue weighted by atomic mass is 35.7. The van der Waals surface area contributed by atoms with E-state index in [1.807, 2.05) is 38.1 Å². The van der Waals surface area contributed by atoms with E-state index in [1.54, 1.807) is 0 Å².